The van der Waals surface area contributed by atoms with E-state index in [2.05, 4.69) is 21.8 Å². The molecule has 142 valence electrons. The van der Waals surface area contributed by atoms with E-state index in [1.54, 1.807) is 7.05 Å². The Morgan fingerprint density at radius 2 is 1.96 bits per heavy atom. The molecule has 0 aliphatic rings. The number of aryl methyl sites for hydroxylation is 1. The highest BCUT2D eigenvalue weighted by atomic mass is 35.5. The molecule has 1 amide bonds. The molecule has 2 aromatic heterocycles. The molecule has 7 heteroatoms. The molecule has 0 radical (unpaired) electrons. The van der Waals surface area contributed by atoms with Crippen LogP contribution in [0.15, 0.2) is 48.7 Å². The molecule has 4 aromatic rings. The Labute approximate surface area is 167 Å². The van der Waals surface area contributed by atoms with Gasteiger partial charge in [0.25, 0.3) is 5.91 Å². The normalized spacial score (nSPS) is 11.1. The highest BCUT2D eigenvalue weighted by Crippen LogP contribution is 2.27. The minimum atomic E-state index is -0.127. The Kier molecular flexibility index (Phi) is 4.88. The molecule has 0 saturated carbocycles. The first kappa shape index (κ1) is 18.3. The SMILES string of the molecule is CCCn1c(-c2c[nH]c(-c3ccc(Cl)cc3)n2)nc2cc(C(=O)NC)ccc21. The minimum absolute atomic E-state index is 0.127. The summed E-state index contributed by atoms with van der Waals surface area (Å²) in [5.41, 5.74) is 4.07. The molecule has 0 spiro atoms. The van der Waals surface area contributed by atoms with Crippen LogP contribution in [0.5, 0.6) is 0 Å². The average Bonchev–Trinajstić information content (AvgIpc) is 3.33. The van der Waals surface area contributed by atoms with Gasteiger partial charge in [0.2, 0.25) is 0 Å². The van der Waals surface area contributed by atoms with E-state index in [0.717, 1.165) is 46.9 Å². The molecule has 0 bridgehead atoms. The van der Waals surface area contributed by atoms with Crippen molar-refractivity contribution >= 4 is 28.5 Å². The van der Waals surface area contributed by atoms with Crippen molar-refractivity contribution < 1.29 is 4.79 Å². The Hall–Kier alpha value is -3.12. The molecule has 2 aromatic carbocycles. The number of H-pyrrole nitrogens is 1. The second-order valence-corrected chi connectivity index (χ2v) is 6.95. The summed E-state index contributed by atoms with van der Waals surface area (Å²) in [6.07, 6.45) is 2.82. The number of aromatic nitrogens is 4. The second-order valence-electron chi connectivity index (χ2n) is 6.51. The standard InChI is InChI=1S/C21H20ClN5O/c1-3-10-27-18-9-6-14(21(28)23-2)11-16(18)26-20(27)17-12-24-19(25-17)13-4-7-15(22)8-5-13/h4-9,11-12H,3,10H2,1-2H3,(H,23,28)(H,24,25). The fourth-order valence-corrected chi connectivity index (χ4v) is 3.38. The second kappa shape index (κ2) is 7.48. The van der Waals surface area contributed by atoms with Crippen LogP contribution in [-0.2, 0) is 6.54 Å². The van der Waals surface area contributed by atoms with Gasteiger partial charge in [0.1, 0.15) is 11.5 Å². The van der Waals surface area contributed by atoms with Crippen LogP contribution >= 0.6 is 11.6 Å². The summed E-state index contributed by atoms with van der Waals surface area (Å²) < 4.78 is 2.14. The smallest absolute Gasteiger partial charge is 0.251 e. The van der Waals surface area contributed by atoms with Crippen LogP contribution in [0.2, 0.25) is 5.02 Å². The molecular formula is C21H20ClN5O. The van der Waals surface area contributed by atoms with E-state index >= 15 is 0 Å². The van der Waals surface area contributed by atoms with Crippen LogP contribution in [0.1, 0.15) is 23.7 Å². The van der Waals surface area contributed by atoms with Crippen molar-refractivity contribution in [3.63, 3.8) is 0 Å². The summed E-state index contributed by atoms with van der Waals surface area (Å²) >= 11 is 5.97. The van der Waals surface area contributed by atoms with Gasteiger partial charge in [0.15, 0.2) is 5.82 Å². The molecule has 0 unspecified atom stereocenters. The molecule has 0 fully saturated rings. The zero-order valence-electron chi connectivity index (χ0n) is 15.7. The number of amides is 1. The van der Waals surface area contributed by atoms with Crippen molar-refractivity contribution in [2.24, 2.45) is 0 Å². The fraction of sp³-hybridized carbons (Fsp3) is 0.190. The van der Waals surface area contributed by atoms with Crippen molar-refractivity contribution in [1.82, 2.24) is 24.8 Å². The van der Waals surface area contributed by atoms with Gasteiger partial charge in [0, 0.05) is 35.9 Å². The van der Waals surface area contributed by atoms with E-state index in [0.29, 0.717) is 10.6 Å². The first-order valence-corrected chi connectivity index (χ1v) is 9.52. The summed E-state index contributed by atoms with van der Waals surface area (Å²) in [6, 6.07) is 13.1. The van der Waals surface area contributed by atoms with Crippen LogP contribution in [0, 0.1) is 0 Å². The number of hydrogen-bond acceptors (Lipinski definition) is 3. The van der Waals surface area contributed by atoms with E-state index < -0.39 is 0 Å². The van der Waals surface area contributed by atoms with E-state index in [1.807, 2.05) is 48.7 Å². The van der Waals surface area contributed by atoms with Crippen molar-refractivity contribution in [1.29, 1.82) is 0 Å². The Morgan fingerprint density at radius 3 is 2.68 bits per heavy atom. The Morgan fingerprint density at radius 1 is 1.18 bits per heavy atom. The van der Waals surface area contributed by atoms with Crippen LogP contribution in [0.3, 0.4) is 0 Å². The summed E-state index contributed by atoms with van der Waals surface area (Å²) in [4.78, 5) is 24.7. The molecule has 0 aliphatic carbocycles. The molecule has 28 heavy (non-hydrogen) atoms. The monoisotopic (exact) mass is 393 g/mol. The summed E-state index contributed by atoms with van der Waals surface area (Å²) in [7, 11) is 1.62. The number of nitrogens with one attached hydrogen (secondary N) is 2. The van der Waals surface area contributed by atoms with Gasteiger partial charge in [-0.25, -0.2) is 9.97 Å². The number of hydrogen-bond donors (Lipinski definition) is 2. The third kappa shape index (κ3) is 3.27. The molecule has 0 atom stereocenters. The molecular weight excluding hydrogens is 374 g/mol. The highest BCUT2D eigenvalue weighted by molar-refractivity contribution is 6.30. The van der Waals surface area contributed by atoms with Gasteiger partial charge >= 0.3 is 0 Å². The van der Waals surface area contributed by atoms with E-state index in [9.17, 15) is 4.79 Å². The van der Waals surface area contributed by atoms with Gasteiger partial charge in [-0.2, -0.15) is 0 Å². The molecule has 0 saturated heterocycles. The van der Waals surface area contributed by atoms with Crippen LogP contribution in [-0.4, -0.2) is 32.5 Å². The number of rotatable bonds is 5. The van der Waals surface area contributed by atoms with Crippen molar-refractivity contribution in [2.75, 3.05) is 7.05 Å². The first-order chi connectivity index (χ1) is 13.6. The largest absolute Gasteiger partial charge is 0.355 e. The van der Waals surface area contributed by atoms with Gasteiger partial charge in [0.05, 0.1) is 11.0 Å². The lowest BCUT2D eigenvalue weighted by molar-refractivity contribution is 0.0963. The number of aromatic amines is 1. The predicted molar refractivity (Wildman–Crippen MR) is 111 cm³/mol. The van der Waals surface area contributed by atoms with Crippen LogP contribution in [0.4, 0.5) is 0 Å². The number of imidazole rings is 2. The number of nitrogens with zero attached hydrogens (tertiary/aromatic N) is 3. The van der Waals surface area contributed by atoms with Gasteiger partial charge < -0.3 is 14.9 Å². The van der Waals surface area contributed by atoms with Gasteiger partial charge in [-0.05, 0) is 48.9 Å². The van der Waals surface area contributed by atoms with Gasteiger partial charge in [-0.1, -0.05) is 18.5 Å². The number of carbonyl (C=O) groups is 1. The summed E-state index contributed by atoms with van der Waals surface area (Å²) in [5, 5.41) is 3.34. The molecule has 2 heterocycles. The molecule has 6 nitrogen and oxygen atoms in total. The minimum Gasteiger partial charge on any atom is -0.355 e. The van der Waals surface area contributed by atoms with Crippen LogP contribution < -0.4 is 5.32 Å². The third-order valence-electron chi connectivity index (χ3n) is 4.61. The molecule has 0 aliphatic heterocycles. The maximum atomic E-state index is 12.0. The van der Waals surface area contributed by atoms with E-state index in [-0.39, 0.29) is 5.91 Å². The Bertz CT molecular complexity index is 1140. The third-order valence-corrected chi connectivity index (χ3v) is 4.86. The topological polar surface area (TPSA) is 75.6 Å². The fourth-order valence-electron chi connectivity index (χ4n) is 3.25. The van der Waals surface area contributed by atoms with Crippen molar-refractivity contribution in [2.45, 2.75) is 19.9 Å². The maximum absolute atomic E-state index is 12.0. The van der Waals surface area contributed by atoms with Crippen molar-refractivity contribution in [3.05, 3.63) is 59.2 Å². The number of fused-ring (bicyclic) bond motifs is 1. The maximum Gasteiger partial charge on any atom is 0.251 e. The molecule has 4 rings (SSSR count). The van der Waals surface area contributed by atoms with E-state index in [1.165, 1.54) is 0 Å². The zero-order valence-corrected chi connectivity index (χ0v) is 16.4. The Balaban J connectivity index is 1.80. The lowest BCUT2D eigenvalue weighted by atomic mass is 10.2. The average molecular weight is 394 g/mol. The van der Waals surface area contributed by atoms with Crippen molar-refractivity contribution in [3.8, 4) is 22.9 Å². The van der Waals surface area contributed by atoms with Crippen LogP contribution in [0.25, 0.3) is 33.9 Å². The number of halogens is 1. The predicted octanol–water partition coefficient (Wildman–Crippen LogP) is 4.52. The number of carbonyl (C=O) groups excluding carboxylic acids is 1. The zero-order chi connectivity index (χ0) is 19.7. The quantitative estimate of drug-likeness (QED) is 0.523. The van der Waals surface area contributed by atoms with E-state index in [4.69, 9.17) is 21.6 Å². The first-order valence-electron chi connectivity index (χ1n) is 9.14. The number of benzene rings is 2. The lowest BCUT2D eigenvalue weighted by Gasteiger charge is -2.06. The summed E-state index contributed by atoms with van der Waals surface area (Å²) in [5.74, 6) is 1.41. The lowest BCUT2D eigenvalue weighted by Crippen LogP contribution is -2.17. The molecule has 2 N–H and O–H groups in total. The summed E-state index contributed by atoms with van der Waals surface area (Å²) in [6.45, 7) is 2.94. The van der Waals surface area contributed by atoms with Gasteiger partial charge in [-0.3, -0.25) is 4.79 Å². The van der Waals surface area contributed by atoms with Gasteiger partial charge in [-0.15, -0.1) is 0 Å². The highest BCUT2D eigenvalue weighted by Gasteiger charge is 2.17.